The van der Waals surface area contributed by atoms with Crippen LogP contribution in [0, 0.1) is 5.92 Å². The Balaban J connectivity index is 1.39. The summed E-state index contributed by atoms with van der Waals surface area (Å²) >= 11 is 0. The van der Waals surface area contributed by atoms with Crippen molar-refractivity contribution in [1.82, 2.24) is 10.2 Å². The third kappa shape index (κ3) is 2.52. The molecule has 4 rings (SSSR count). The van der Waals surface area contributed by atoms with Crippen LogP contribution >= 0.6 is 0 Å². The normalized spacial score (nSPS) is 31.7. The van der Waals surface area contributed by atoms with E-state index in [0.29, 0.717) is 24.6 Å². The van der Waals surface area contributed by atoms with Gasteiger partial charge >= 0.3 is 0 Å². The summed E-state index contributed by atoms with van der Waals surface area (Å²) in [5.41, 5.74) is 2.56. The summed E-state index contributed by atoms with van der Waals surface area (Å²) in [4.78, 5) is 16.9. The van der Waals surface area contributed by atoms with Crippen LogP contribution in [0.25, 0.3) is 0 Å². The van der Waals surface area contributed by atoms with Crippen LogP contribution < -0.4 is 10.2 Å². The first-order valence-electron chi connectivity index (χ1n) is 8.55. The molecule has 2 fully saturated rings. The molecule has 4 atom stereocenters. The van der Waals surface area contributed by atoms with Gasteiger partial charge in [0.15, 0.2) is 0 Å². The Morgan fingerprint density at radius 3 is 3.04 bits per heavy atom. The topological polar surface area (TPSA) is 44.8 Å². The van der Waals surface area contributed by atoms with Crippen LogP contribution in [0.2, 0.25) is 0 Å². The average molecular weight is 315 g/mol. The van der Waals surface area contributed by atoms with Crippen LogP contribution in [-0.4, -0.2) is 62.8 Å². The zero-order valence-corrected chi connectivity index (χ0v) is 13.9. The number of carbonyl (C=O) groups excluding carboxylic acids is 1. The maximum absolute atomic E-state index is 12.6. The van der Waals surface area contributed by atoms with E-state index in [1.165, 1.54) is 11.3 Å². The Labute approximate surface area is 137 Å². The number of benzene rings is 1. The first-order chi connectivity index (χ1) is 11.1. The van der Waals surface area contributed by atoms with E-state index in [1.54, 1.807) is 0 Å². The van der Waals surface area contributed by atoms with E-state index < -0.39 is 0 Å². The number of ether oxygens (including phenoxy) is 1. The van der Waals surface area contributed by atoms with Crippen LogP contribution in [-0.2, 0) is 16.0 Å². The van der Waals surface area contributed by atoms with Crippen LogP contribution in [0.1, 0.15) is 12.0 Å². The molecule has 0 spiro atoms. The Morgan fingerprint density at radius 2 is 2.22 bits per heavy atom. The van der Waals surface area contributed by atoms with E-state index in [2.05, 4.69) is 47.4 Å². The first kappa shape index (κ1) is 15.0. The molecule has 3 aliphatic rings. The van der Waals surface area contributed by atoms with Gasteiger partial charge in [0.2, 0.25) is 5.91 Å². The SMILES string of the molecule is CN(C)[C@@H]1[C@@H](NC(=O)CN2CCc3ccccc32)[C@H]2CCO[C@H]21. The third-order valence-electron chi connectivity index (χ3n) is 5.59. The molecule has 5 heteroatoms. The summed E-state index contributed by atoms with van der Waals surface area (Å²) in [6, 6.07) is 8.91. The van der Waals surface area contributed by atoms with Crippen molar-refractivity contribution in [1.29, 1.82) is 0 Å². The molecule has 23 heavy (non-hydrogen) atoms. The van der Waals surface area contributed by atoms with Gasteiger partial charge in [-0.05, 0) is 38.6 Å². The number of anilines is 1. The number of amides is 1. The second kappa shape index (κ2) is 5.80. The van der Waals surface area contributed by atoms with Gasteiger partial charge in [-0.25, -0.2) is 0 Å². The highest BCUT2D eigenvalue weighted by atomic mass is 16.5. The first-order valence-corrected chi connectivity index (χ1v) is 8.55. The number of nitrogens with one attached hydrogen (secondary N) is 1. The molecule has 1 N–H and O–H groups in total. The monoisotopic (exact) mass is 315 g/mol. The highest BCUT2D eigenvalue weighted by molar-refractivity contribution is 5.82. The average Bonchev–Trinajstić information content (AvgIpc) is 3.10. The van der Waals surface area contributed by atoms with Gasteiger partial charge in [-0.3, -0.25) is 4.79 Å². The van der Waals surface area contributed by atoms with Crippen molar-refractivity contribution in [3.8, 4) is 0 Å². The van der Waals surface area contributed by atoms with Crippen molar-refractivity contribution in [3.63, 3.8) is 0 Å². The molecule has 0 aromatic heterocycles. The minimum atomic E-state index is 0.129. The molecule has 1 saturated carbocycles. The van der Waals surface area contributed by atoms with Crippen molar-refractivity contribution >= 4 is 11.6 Å². The number of rotatable bonds is 4. The van der Waals surface area contributed by atoms with Crippen molar-refractivity contribution < 1.29 is 9.53 Å². The summed E-state index contributed by atoms with van der Waals surface area (Å²) in [7, 11) is 4.14. The van der Waals surface area contributed by atoms with Gasteiger partial charge in [-0.1, -0.05) is 18.2 Å². The molecular weight excluding hydrogens is 290 g/mol. The van der Waals surface area contributed by atoms with Crippen LogP contribution in [0.5, 0.6) is 0 Å². The number of hydrogen-bond acceptors (Lipinski definition) is 4. The number of nitrogens with zero attached hydrogens (tertiary/aromatic N) is 2. The molecule has 5 nitrogen and oxygen atoms in total. The van der Waals surface area contributed by atoms with E-state index in [1.807, 2.05) is 6.07 Å². The molecule has 124 valence electrons. The molecular formula is C18H25N3O2. The molecule has 1 aliphatic carbocycles. The van der Waals surface area contributed by atoms with E-state index in [-0.39, 0.29) is 11.9 Å². The fraction of sp³-hybridized carbons (Fsp3) is 0.611. The lowest BCUT2D eigenvalue weighted by molar-refractivity contribution is -0.126. The molecule has 1 amide bonds. The smallest absolute Gasteiger partial charge is 0.239 e. The Morgan fingerprint density at radius 1 is 1.39 bits per heavy atom. The lowest BCUT2D eigenvalue weighted by Crippen LogP contribution is -2.70. The number of fused-ring (bicyclic) bond motifs is 2. The fourth-order valence-electron chi connectivity index (χ4n) is 4.46. The minimum absolute atomic E-state index is 0.129. The Hall–Kier alpha value is -1.59. The van der Waals surface area contributed by atoms with Gasteiger partial charge in [0.25, 0.3) is 0 Å². The lowest BCUT2D eigenvalue weighted by Gasteiger charge is -2.50. The van der Waals surface area contributed by atoms with Crippen LogP contribution in [0.3, 0.4) is 0 Å². The Kier molecular flexibility index (Phi) is 3.77. The fourth-order valence-corrected chi connectivity index (χ4v) is 4.46. The second-order valence-corrected chi connectivity index (χ2v) is 7.14. The molecule has 0 radical (unpaired) electrons. The van der Waals surface area contributed by atoms with Crippen molar-refractivity contribution in [2.24, 2.45) is 5.92 Å². The molecule has 0 bridgehead atoms. The van der Waals surface area contributed by atoms with Crippen molar-refractivity contribution in [2.75, 3.05) is 38.7 Å². The quantitative estimate of drug-likeness (QED) is 0.896. The standard InChI is InChI=1S/C18H25N3O2/c1-20(2)17-16(13-8-10-23-18(13)17)19-15(22)11-21-9-7-12-5-3-4-6-14(12)21/h3-6,13,16-18H,7-11H2,1-2H3,(H,19,22)/t13-,16+,17-,18-/m1/s1. The van der Waals surface area contributed by atoms with Gasteiger partial charge in [0.05, 0.1) is 24.7 Å². The van der Waals surface area contributed by atoms with Gasteiger partial charge in [0.1, 0.15) is 0 Å². The van der Waals surface area contributed by atoms with Crippen molar-refractivity contribution in [2.45, 2.75) is 31.0 Å². The molecule has 1 aromatic rings. The number of likely N-dealkylation sites (N-methyl/N-ethyl adjacent to an activating group) is 1. The van der Waals surface area contributed by atoms with Gasteiger partial charge in [0, 0.05) is 24.8 Å². The van der Waals surface area contributed by atoms with E-state index in [4.69, 9.17) is 4.74 Å². The summed E-state index contributed by atoms with van der Waals surface area (Å²) in [5, 5.41) is 3.27. The minimum Gasteiger partial charge on any atom is -0.376 e. The maximum Gasteiger partial charge on any atom is 0.239 e. The van der Waals surface area contributed by atoms with Gasteiger partial charge in [-0.2, -0.15) is 0 Å². The van der Waals surface area contributed by atoms with Gasteiger partial charge in [-0.15, -0.1) is 0 Å². The highest BCUT2D eigenvalue weighted by Gasteiger charge is 2.55. The second-order valence-electron chi connectivity index (χ2n) is 7.14. The predicted octanol–water partition coefficient (Wildman–Crippen LogP) is 0.883. The number of hydrogen-bond donors (Lipinski definition) is 1. The molecule has 2 heterocycles. The molecule has 1 aromatic carbocycles. The van der Waals surface area contributed by atoms with E-state index in [9.17, 15) is 4.79 Å². The third-order valence-corrected chi connectivity index (χ3v) is 5.59. The van der Waals surface area contributed by atoms with E-state index in [0.717, 1.165) is 26.0 Å². The number of para-hydroxylation sites is 1. The Bertz CT molecular complexity index is 604. The summed E-state index contributed by atoms with van der Waals surface area (Å²) < 4.78 is 5.81. The zero-order valence-electron chi connectivity index (χ0n) is 13.9. The van der Waals surface area contributed by atoms with Gasteiger partial charge < -0.3 is 19.9 Å². The molecule has 1 saturated heterocycles. The highest BCUT2D eigenvalue weighted by Crippen LogP contribution is 2.41. The zero-order chi connectivity index (χ0) is 16.0. The van der Waals surface area contributed by atoms with Crippen LogP contribution in [0.4, 0.5) is 5.69 Å². The summed E-state index contributed by atoms with van der Waals surface area (Å²) in [5.74, 6) is 0.612. The molecule has 2 aliphatic heterocycles. The summed E-state index contributed by atoms with van der Waals surface area (Å²) in [6.45, 7) is 2.21. The molecule has 0 unspecified atom stereocenters. The summed E-state index contributed by atoms with van der Waals surface area (Å²) in [6.07, 6.45) is 2.39. The lowest BCUT2D eigenvalue weighted by atomic mass is 9.71. The predicted molar refractivity (Wildman–Crippen MR) is 89.6 cm³/mol. The van der Waals surface area contributed by atoms with Crippen molar-refractivity contribution in [3.05, 3.63) is 29.8 Å². The van der Waals surface area contributed by atoms with Crippen LogP contribution in [0.15, 0.2) is 24.3 Å². The van der Waals surface area contributed by atoms with E-state index >= 15 is 0 Å². The maximum atomic E-state index is 12.6. The largest absolute Gasteiger partial charge is 0.376 e. The number of carbonyl (C=O) groups is 1.